The molecule has 5 nitrogen and oxygen atoms in total. The van der Waals surface area contributed by atoms with Crippen LogP contribution >= 0.6 is 0 Å². The minimum Gasteiger partial charge on any atom is -0.373 e. The Labute approximate surface area is 222 Å². The average Bonchev–Trinajstić information content (AvgIpc) is 3.50. The molecule has 1 amide bonds. The van der Waals surface area contributed by atoms with Gasteiger partial charge in [0.2, 0.25) is 0 Å². The highest BCUT2D eigenvalue weighted by molar-refractivity contribution is 5.95. The van der Waals surface area contributed by atoms with Crippen molar-refractivity contribution in [3.63, 3.8) is 0 Å². The van der Waals surface area contributed by atoms with Gasteiger partial charge in [-0.05, 0) is 86.6 Å². The second kappa shape index (κ2) is 10.7. The molecule has 3 aromatic rings. The highest BCUT2D eigenvalue weighted by Gasteiger charge is 2.38. The first kappa shape index (κ1) is 26.0. The number of nitrogens with one attached hydrogen (secondary N) is 1. The van der Waals surface area contributed by atoms with Crippen LogP contribution in [0, 0.1) is 11.6 Å². The molecule has 7 heteroatoms. The summed E-state index contributed by atoms with van der Waals surface area (Å²) in [6.45, 7) is 5.54. The van der Waals surface area contributed by atoms with Crippen molar-refractivity contribution in [1.29, 1.82) is 0 Å². The fourth-order valence-corrected chi connectivity index (χ4v) is 4.79. The van der Waals surface area contributed by atoms with Crippen LogP contribution in [-0.4, -0.2) is 42.4 Å². The second-order valence-electron chi connectivity index (χ2n) is 10.5. The van der Waals surface area contributed by atoms with Crippen LogP contribution in [0.3, 0.4) is 0 Å². The van der Waals surface area contributed by atoms with Crippen molar-refractivity contribution in [3.05, 3.63) is 89.0 Å². The van der Waals surface area contributed by atoms with E-state index < -0.39 is 17.5 Å². The number of rotatable bonds is 8. The Balaban J connectivity index is 1.26. The van der Waals surface area contributed by atoms with Gasteiger partial charge in [-0.15, -0.1) is 0 Å². The maximum Gasteiger partial charge on any atom is 0.254 e. The van der Waals surface area contributed by atoms with E-state index in [0.29, 0.717) is 17.7 Å². The predicted molar refractivity (Wildman–Crippen MR) is 146 cm³/mol. The van der Waals surface area contributed by atoms with Crippen molar-refractivity contribution in [2.75, 3.05) is 20.2 Å². The number of amidine groups is 1. The number of amides is 1. The first-order chi connectivity index (χ1) is 18.2. The molecule has 0 bridgehead atoms. The quantitative estimate of drug-likeness (QED) is 0.271. The molecule has 1 N–H and O–H groups in total. The molecule has 2 aliphatic carbocycles. The molecule has 3 aromatic carbocycles. The number of benzene rings is 3. The number of ether oxygens (including phenoxy) is 1. The van der Waals surface area contributed by atoms with Crippen LogP contribution in [-0.2, 0) is 11.2 Å². The lowest BCUT2D eigenvalue weighted by Crippen LogP contribution is -2.29. The average molecular weight is 518 g/mol. The van der Waals surface area contributed by atoms with Gasteiger partial charge in [-0.25, -0.2) is 13.8 Å². The van der Waals surface area contributed by atoms with Gasteiger partial charge in [0.25, 0.3) is 5.91 Å². The maximum atomic E-state index is 14.9. The number of carbonyl (C=O) groups is 1. The van der Waals surface area contributed by atoms with E-state index in [1.807, 2.05) is 26.1 Å². The van der Waals surface area contributed by atoms with E-state index >= 15 is 0 Å². The van der Waals surface area contributed by atoms with E-state index in [-0.39, 0.29) is 17.2 Å². The third-order valence-corrected chi connectivity index (χ3v) is 7.59. The summed E-state index contributed by atoms with van der Waals surface area (Å²) in [5.74, 6) is -0.731. The van der Waals surface area contributed by atoms with Crippen LogP contribution in [0.1, 0.15) is 60.6 Å². The van der Waals surface area contributed by atoms with E-state index in [0.717, 1.165) is 54.9 Å². The van der Waals surface area contributed by atoms with Crippen molar-refractivity contribution in [3.8, 4) is 11.1 Å². The summed E-state index contributed by atoms with van der Waals surface area (Å²) < 4.78 is 34.9. The maximum absolute atomic E-state index is 14.9. The van der Waals surface area contributed by atoms with Crippen LogP contribution in [0.15, 0.2) is 65.7 Å². The second-order valence-corrected chi connectivity index (χ2v) is 10.5. The fraction of sp³-hybridized carbons (Fsp3) is 0.355. The van der Waals surface area contributed by atoms with E-state index in [9.17, 15) is 13.6 Å². The predicted octanol–water partition coefficient (Wildman–Crippen LogP) is 6.60. The lowest BCUT2D eigenvalue weighted by molar-refractivity contribution is 0.0414. The zero-order chi connectivity index (χ0) is 26.9. The normalized spacial score (nSPS) is 17.7. The largest absolute Gasteiger partial charge is 0.373 e. The van der Waals surface area contributed by atoms with Gasteiger partial charge < -0.3 is 15.0 Å². The van der Waals surface area contributed by atoms with Gasteiger partial charge in [-0.1, -0.05) is 30.3 Å². The molecule has 1 saturated carbocycles. The minimum absolute atomic E-state index is 0.0625. The molecular weight excluding hydrogens is 484 g/mol. The molecule has 1 atom stereocenters. The van der Waals surface area contributed by atoms with E-state index in [4.69, 9.17) is 9.73 Å². The summed E-state index contributed by atoms with van der Waals surface area (Å²) in [4.78, 5) is 19.9. The van der Waals surface area contributed by atoms with Crippen LogP contribution in [0.5, 0.6) is 0 Å². The zero-order valence-corrected chi connectivity index (χ0v) is 22.1. The number of likely N-dealkylation sites (N-methyl/N-ethyl adjacent to an activating group) is 1. The third-order valence-electron chi connectivity index (χ3n) is 7.59. The van der Waals surface area contributed by atoms with Crippen LogP contribution < -0.4 is 5.32 Å². The molecule has 2 aliphatic rings. The monoisotopic (exact) mass is 517 g/mol. The van der Waals surface area contributed by atoms with Crippen LogP contribution in [0.25, 0.3) is 11.1 Å². The number of fused-ring (bicyclic) bond motifs is 1. The van der Waals surface area contributed by atoms with Gasteiger partial charge in [0, 0.05) is 19.2 Å². The van der Waals surface area contributed by atoms with Gasteiger partial charge >= 0.3 is 0 Å². The molecule has 0 saturated heterocycles. The topological polar surface area (TPSA) is 53.9 Å². The first-order valence-electron chi connectivity index (χ1n) is 13.1. The molecular formula is C31H33F2N3O2. The SMILES string of the molecule is CC(=Nc1ccc2c(c1)C(NC(=O)c1ccc(-c3ccccc3F)cc1F)CC2)N(C)CCOC1(C)CC1. The molecule has 0 aromatic heterocycles. The van der Waals surface area contributed by atoms with E-state index in [1.165, 1.54) is 18.2 Å². The molecule has 38 heavy (non-hydrogen) atoms. The van der Waals surface area contributed by atoms with Crippen molar-refractivity contribution in [2.24, 2.45) is 4.99 Å². The Bertz CT molecular complexity index is 1380. The zero-order valence-electron chi connectivity index (χ0n) is 22.1. The summed E-state index contributed by atoms with van der Waals surface area (Å²) in [6, 6.07) is 16.2. The molecule has 0 spiro atoms. The molecule has 0 heterocycles. The molecule has 0 radical (unpaired) electrons. The number of carbonyl (C=O) groups excluding carboxylic acids is 1. The first-order valence-corrected chi connectivity index (χ1v) is 13.1. The third kappa shape index (κ3) is 5.78. The number of halogens is 2. The summed E-state index contributed by atoms with van der Waals surface area (Å²) in [5, 5.41) is 2.99. The molecule has 1 unspecified atom stereocenters. The van der Waals surface area contributed by atoms with E-state index in [1.54, 1.807) is 24.3 Å². The van der Waals surface area contributed by atoms with Gasteiger partial charge in [-0.2, -0.15) is 0 Å². The highest BCUT2D eigenvalue weighted by Crippen LogP contribution is 2.38. The number of aliphatic imine (C=N–C) groups is 1. The Kier molecular flexibility index (Phi) is 7.30. The van der Waals surface area contributed by atoms with Crippen molar-refractivity contribution in [2.45, 2.75) is 51.2 Å². The van der Waals surface area contributed by atoms with Gasteiger partial charge in [-0.3, -0.25) is 4.79 Å². The van der Waals surface area contributed by atoms with Gasteiger partial charge in [0.1, 0.15) is 17.5 Å². The van der Waals surface area contributed by atoms with Crippen LogP contribution in [0.4, 0.5) is 14.5 Å². The van der Waals surface area contributed by atoms with Gasteiger partial charge in [0.05, 0.1) is 29.5 Å². The lowest BCUT2D eigenvalue weighted by atomic mass is 10.0. The lowest BCUT2D eigenvalue weighted by Gasteiger charge is -2.20. The van der Waals surface area contributed by atoms with Crippen molar-refractivity contribution >= 4 is 17.4 Å². The summed E-state index contributed by atoms with van der Waals surface area (Å²) >= 11 is 0. The molecule has 1 fully saturated rings. The summed E-state index contributed by atoms with van der Waals surface area (Å²) in [6.07, 6.45) is 3.82. The summed E-state index contributed by atoms with van der Waals surface area (Å²) in [5.41, 5.74) is 3.65. The number of hydrogen-bond acceptors (Lipinski definition) is 3. The van der Waals surface area contributed by atoms with Crippen molar-refractivity contribution < 1.29 is 18.3 Å². The van der Waals surface area contributed by atoms with Crippen LogP contribution in [0.2, 0.25) is 0 Å². The Morgan fingerprint density at radius 3 is 2.63 bits per heavy atom. The smallest absolute Gasteiger partial charge is 0.254 e. The van der Waals surface area contributed by atoms with Crippen molar-refractivity contribution in [1.82, 2.24) is 10.2 Å². The number of hydrogen-bond donors (Lipinski definition) is 1. The van der Waals surface area contributed by atoms with E-state index in [2.05, 4.69) is 23.2 Å². The van der Waals surface area contributed by atoms with Gasteiger partial charge in [0.15, 0.2) is 0 Å². The highest BCUT2D eigenvalue weighted by atomic mass is 19.1. The Morgan fingerprint density at radius 2 is 1.89 bits per heavy atom. The molecule has 5 rings (SSSR count). The Morgan fingerprint density at radius 1 is 1.11 bits per heavy atom. The Hall–Kier alpha value is -3.58. The standard InChI is InChI=1S/C31H33F2N3O2/c1-20(36(3)16-17-38-31(2)14-15-31)34-23-11-8-21-10-13-29(26(21)19-23)35-30(37)25-12-9-22(18-28(25)33)24-6-4-5-7-27(24)32/h4-9,11-12,18-19,29H,10,13-17H2,1-3H3,(H,35,37). The number of nitrogens with zero attached hydrogens (tertiary/aromatic N) is 2. The number of aryl methyl sites for hydroxylation is 1. The molecule has 0 aliphatic heterocycles. The molecule has 198 valence electrons. The fourth-order valence-electron chi connectivity index (χ4n) is 4.79. The summed E-state index contributed by atoms with van der Waals surface area (Å²) in [7, 11) is 2.00. The minimum atomic E-state index is -0.682.